The van der Waals surface area contributed by atoms with Crippen LogP contribution in [0.1, 0.15) is 12.0 Å². The van der Waals surface area contributed by atoms with Gasteiger partial charge >= 0.3 is 0 Å². The van der Waals surface area contributed by atoms with E-state index in [0.717, 1.165) is 5.56 Å². The van der Waals surface area contributed by atoms with Gasteiger partial charge < -0.3 is 9.84 Å². The van der Waals surface area contributed by atoms with Crippen molar-refractivity contribution in [2.75, 3.05) is 20.3 Å². The minimum atomic E-state index is -3.50. The van der Waals surface area contributed by atoms with Crippen LogP contribution < -0.4 is 4.72 Å². The summed E-state index contributed by atoms with van der Waals surface area (Å²) in [6, 6.07) is 6.68. The number of ether oxygens (including phenoxy) is 1. The molecule has 0 saturated heterocycles. The van der Waals surface area contributed by atoms with E-state index in [-0.39, 0.29) is 18.0 Å². The maximum atomic E-state index is 11.9. The fourth-order valence-corrected chi connectivity index (χ4v) is 2.65. The number of nitrogens with one attached hydrogen (secondary N) is 1. The van der Waals surface area contributed by atoms with Crippen molar-refractivity contribution in [3.8, 4) is 0 Å². The minimum Gasteiger partial charge on any atom is -0.391 e. The van der Waals surface area contributed by atoms with E-state index in [9.17, 15) is 13.5 Å². The molecule has 2 N–H and O–H groups in total. The van der Waals surface area contributed by atoms with Gasteiger partial charge in [0, 0.05) is 13.7 Å². The highest BCUT2D eigenvalue weighted by Gasteiger charge is 2.14. The number of hydrogen-bond donors (Lipinski definition) is 2. The van der Waals surface area contributed by atoms with E-state index in [1.807, 2.05) is 13.0 Å². The van der Waals surface area contributed by atoms with Crippen molar-refractivity contribution in [1.29, 1.82) is 0 Å². The molecule has 0 radical (unpaired) electrons. The zero-order valence-electron chi connectivity index (χ0n) is 10.6. The molecule has 0 heterocycles. The van der Waals surface area contributed by atoms with Gasteiger partial charge in [-0.05, 0) is 31.0 Å². The third kappa shape index (κ3) is 4.73. The third-order valence-corrected chi connectivity index (χ3v) is 3.89. The van der Waals surface area contributed by atoms with Crippen molar-refractivity contribution in [3.05, 3.63) is 29.8 Å². The minimum absolute atomic E-state index is 0.181. The van der Waals surface area contributed by atoms with Crippen molar-refractivity contribution < 1.29 is 18.3 Å². The summed E-state index contributed by atoms with van der Waals surface area (Å²) >= 11 is 0. The highest BCUT2D eigenvalue weighted by atomic mass is 32.2. The van der Waals surface area contributed by atoms with Gasteiger partial charge in [-0.1, -0.05) is 12.1 Å². The van der Waals surface area contributed by atoms with Crippen LogP contribution in [0.2, 0.25) is 0 Å². The Bertz CT molecular complexity index is 473. The molecule has 1 unspecified atom stereocenters. The van der Waals surface area contributed by atoms with Crippen molar-refractivity contribution in [2.24, 2.45) is 0 Å². The zero-order valence-corrected chi connectivity index (χ0v) is 11.4. The van der Waals surface area contributed by atoms with E-state index >= 15 is 0 Å². The Morgan fingerprint density at radius 2 is 2.17 bits per heavy atom. The molecule has 6 heteroatoms. The molecule has 1 rings (SSSR count). The molecule has 0 bridgehead atoms. The SMILES string of the molecule is COCC(O)CCNS(=O)(=O)c1cccc(C)c1. The van der Waals surface area contributed by atoms with E-state index in [0.29, 0.717) is 6.42 Å². The van der Waals surface area contributed by atoms with E-state index in [4.69, 9.17) is 4.74 Å². The topological polar surface area (TPSA) is 75.6 Å². The lowest BCUT2D eigenvalue weighted by Gasteiger charge is -2.10. The maximum Gasteiger partial charge on any atom is 0.240 e. The molecule has 102 valence electrons. The Kier molecular flexibility index (Phi) is 5.74. The van der Waals surface area contributed by atoms with Crippen LogP contribution in [0, 0.1) is 6.92 Å². The van der Waals surface area contributed by atoms with E-state index < -0.39 is 16.1 Å². The number of aliphatic hydroxyl groups excluding tert-OH is 1. The summed E-state index contributed by atoms with van der Waals surface area (Å²) in [5, 5.41) is 9.40. The highest BCUT2D eigenvalue weighted by Crippen LogP contribution is 2.10. The standard InChI is InChI=1S/C12H19NO4S/c1-10-4-3-5-12(8-10)18(15,16)13-7-6-11(14)9-17-2/h3-5,8,11,13-14H,6-7,9H2,1-2H3. The summed E-state index contributed by atoms with van der Waals surface area (Å²) in [4.78, 5) is 0.240. The Balaban J connectivity index is 2.55. The third-order valence-electron chi connectivity index (χ3n) is 2.43. The van der Waals surface area contributed by atoms with Gasteiger partial charge in [0.1, 0.15) is 0 Å². The predicted octanol–water partition coefficient (Wildman–Crippen LogP) is 0.671. The first kappa shape index (κ1) is 15.1. The van der Waals surface area contributed by atoms with Gasteiger partial charge in [0.05, 0.1) is 17.6 Å². The van der Waals surface area contributed by atoms with Gasteiger partial charge in [-0.3, -0.25) is 0 Å². The second kappa shape index (κ2) is 6.84. The lowest BCUT2D eigenvalue weighted by molar-refractivity contribution is 0.0603. The molecule has 18 heavy (non-hydrogen) atoms. The molecular formula is C12H19NO4S. The second-order valence-electron chi connectivity index (χ2n) is 4.11. The largest absolute Gasteiger partial charge is 0.391 e. The Labute approximate surface area is 108 Å². The number of aliphatic hydroxyl groups is 1. The van der Waals surface area contributed by atoms with E-state index in [2.05, 4.69) is 4.72 Å². The first-order valence-electron chi connectivity index (χ1n) is 5.69. The molecule has 0 aliphatic carbocycles. The van der Waals surface area contributed by atoms with Crippen LogP contribution in [-0.4, -0.2) is 39.9 Å². The molecule has 0 amide bonds. The van der Waals surface area contributed by atoms with Gasteiger partial charge in [-0.15, -0.1) is 0 Å². The van der Waals surface area contributed by atoms with Crippen LogP contribution in [0.25, 0.3) is 0 Å². The molecule has 0 aliphatic rings. The summed E-state index contributed by atoms with van der Waals surface area (Å²) < 4.78 is 31.0. The van der Waals surface area contributed by atoms with Gasteiger partial charge in [0.25, 0.3) is 0 Å². The van der Waals surface area contributed by atoms with Crippen LogP contribution in [0.15, 0.2) is 29.2 Å². The average Bonchev–Trinajstić information content (AvgIpc) is 2.29. The molecule has 1 aromatic rings. The van der Waals surface area contributed by atoms with Crippen LogP contribution in [0.3, 0.4) is 0 Å². The average molecular weight is 273 g/mol. The Morgan fingerprint density at radius 3 is 2.78 bits per heavy atom. The molecule has 0 aliphatic heterocycles. The molecular weight excluding hydrogens is 254 g/mol. The first-order chi connectivity index (χ1) is 8.45. The molecule has 0 fully saturated rings. The fourth-order valence-electron chi connectivity index (χ4n) is 1.50. The number of benzene rings is 1. The Morgan fingerprint density at radius 1 is 1.44 bits per heavy atom. The molecule has 0 spiro atoms. The smallest absolute Gasteiger partial charge is 0.240 e. The molecule has 1 aromatic carbocycles. The fraction of sp³-hybridized carbons (Fsp3) is 0.500. The lowest BCUT2D eigenvalue weighted by Crippen LogP contribution is -2.28. The summed E-state index contributed by atoms with van der Waals surface area (Å²) in [6.45, 7) is 2.22. The number of sulfonamides is 1. The highest BCUT2D eigenvalue weighted by molar-refractivity contribution is 7.89. The number of hydrogen-bond acceptors (Lipinski definition) is 4. The van der Waals surface area contributed by atoms with Crippen LogP contribution in [-0.2, 0) is 14.8 Å². The van der Waals surface area contributed by atoms with Crippen molar-refractivity contribution in [2.45, 2.75) is 24.3 Å². The van der Waals surface area contributed by atoms with Crippen molar-refractivity contribution in [3.63, 3.8) is 0 Å². The molecule has 1 atom stereocenters. The summed E-state index contributed by atoms with van der Waals surface area (Å²) in [6.07, 6.45) is -0.339. The number of aryl methyl sites for hydroxylation is 1. The molecule has 5 nitrogen and oxygen atoms in total. The predicted molar refractivity (Wildman–Crippen MR) is 68.9 cm³/mol. The van der Waals surface area contributed by atoms with Crippen LogP contribution >= 0.6 is 0 Å². The van der Waals surface area contributed by atoms with Crippen molar-refractivity contribution in [1.82, 2.24) is 4.72 Å². The summed E-state index contributed by atoms with van der Waals surface area (Å²) in [5.74, 6) is 0. The van der Waals surface area contributed by atoms with Gasteiger partial charge in [-0.2, -0.15) is 0 Å². The normalized spacial score (nSPS) is 13.5. The maximum absolute atomic E-state index is 11.9. The first-order valence-corrected chi connectivity index (χ1v) is 7.17. The van der Waals surface area contributed by atoms with Crippen LogP contribution in [0.5, 0.6) is 0 Å². The second-order valence-corrected chi connectivity index (χ2v) is 5.88. The molecule has 0 saturated carbocycles. The van der Waals surface area contributed by atoms with Gasteiger partial charge in [-0.25, -0.2) is 13.1 Å². The van der Waals surface area contributed by atoms with Crippen LogP contribution in [0.4, 0.5) is 0 Å². The van der Waals surface area contributed by atoms with E-state index in [1.54, 1.807) is 18.2 Å². The van der Waals surface area contributed by atoms with Gasteiger partial charge in [0.15, 0.2) is 0 Å². The molecule has 0 aromatic heterocycles. The van der Waals surface area contributed by atoms with Crippen molar-refractivity contribution >= 4 is 10.0 Å². The monoisotopic (exact) mass is 273 g/mol. The zero-order chi connectivity index (χ0) is 13.6. The summed E-state index contributed by atoms with van der Waals surface area (Å²) in [5.41, 5.74) is 0.886. The van der Waals surface area contributed by atoms with E-state index in [1.165, 1.54) is 7.11 Å². The summed E-state index contributed by atoms with van der Waals surface area (Å²) in [7, 11) is -2.01. The number of methoxy groups -OCH3 is 1. The Hall–Kier alpha value is -0.950. The quantitative estimate of drug-likeness (QED) is 0.765. The number of rotatable bonds is 7. The lowest BCUT2D eigenvalue weighted by atomic mass is 10.2. The van der Waals surface area contributed by atoms with Gasteiger partial charge in [0.2, 0.25) is 10.0 Å².